The van der Waals surface area contributed by atoms with E-state index < -0.39 is 0 Å². The van der Waals surface area contributed by atoms with Gasteiger partial charge in [-0.05, 0) is 25.0 Å². The van der Waals surface area contributed by atoms with Crippen LogP contribution in [0.2, 0.25) is 5.02 Å². The van der Waals surface area contributed by atoms with Crippen molar-refractivity contribution in [3.8, 4) is 6.07 Å². The molecular weight excluding hydrogens is 472 g/mol. The van der Waals surface area contributed by atoms with E-state index in [-0.39, 0.29) is 29.2 Å². The second-order valence-corrected chi connectivity index (χ2v) is 8.60. The van der Waals surface area contributed by atoms with Gasteiger partial charge in [0.1, 0.15) is 0 Å². The molecule has 3 heterocycles. The van der Waals surface area contributed by atoms with Crippen LogP contribution < -0.4 is 16.0 Å². The highest BCUT2D eigenvalue weighted by Crippen LogP contribution is 2.34. The summed E-state index contributed by atoms with van der Waals surface area (Å²) in [5.41, 5.74) is 1.38. The number of ether oxygens (including phenoxy) is 1. The largest absolute Gasteiger partial charge is 0.379 e. The van der Waals surface area contributed by atoms with Gasteiger partial charge in [-0.3, -0.25) is 9.69 Å². The van der Waals surface area contributed by atoms with Gasteiger partial charge in [-0.25, -0.2) is 4.98 Å². The molecule has 0 radical (unpaired) electrons. The average molecular weight is 493 g/mol. The molecule has 1 aliphatic carbocycles. The second-order valence-electron chi connectivity index (χ2n) is 8.23. The molecule has 0 spiro atoms. The summed E-state index contributed by atoms with van der Waals surface area (Å²) in [6.45, 7) is 10.1. The van der Waals surface area contributed by atoms with E-state index in [0.717, 1.165) is 12.8 Å². The van der Waals surface area contributed by atoms with Gasteiger partial charge in [0.25, 0.3) is 17.4 Å². The highest BCUT2D eigenvalue weighted by Gasteiger charge is 2.26. The van der Waals surface area contributed by atoms with Crippen LogP contribution in [0, 0.1) is 17.9 Å². The zero-order valence-electron chi connectivity index (χ0n) is 18.6. The lowest BCUT2D eigenvalue weighted by molar-refractivity contribution is -0.118. The molecule has 1 aromatic carbocycles. The fourth-order valence-corrected chi connectivity index (χ4v) is 3.86. The number of imidazole rings is 1. The summed E-state index contributed by atoms with van der Waals surface area (Å²) in [6, 6.07) is 5.44. The number of rotatable bonds is 7. The monoisotopic (exact) mass is 492 g/mol. The summed E-state index contributed by atoms with van der Waals surface area (Å²) in [5, 5.41) is 23.2. The van der Waals surface area contributed by atoms with Crippen molar-refractivity contribution < 1.29 is 9.53 Å². The Hall–Kier alpha value is -3.97. The molecule has 178 valence electrons. The van der Waals surface area contributed by atoms with E-state index >= 15 is 0 Å². The lowest BCUT2D eigenvalue weighted by Gasteiger charge is -2.26. The summed E-state index contributed by atoms with van der Waals surface area (Å²) >= 11 is 6.61. The third kappa shape index (κ3) is 5.10. The van der Waals surface area contributed by atoms with E-state index in [1.165, 1.54) is 16.8 Å². The van der Waals surface area contributed by atoms with Crippen LogP contribution in [0.5, 0.6) is 0 Å². The first-order chi connectivity index (χ1) is 17.0. The predicted molar refractivity (Wildman–Crippen MR) is 129 cm³/mol. The first kappa shape index (κ1) is 22.8. The lowest BCUT2D eigenvalue weighted by Crippen LogP contribution is -2.41. The number of morpholine rings is 1. The Bertz CT molecular complexity index is 1370. The van der Waals surface area contributed by atoms with E-state index in [1.807, 2.05) is 4.90 Å². The number of hydrogen-bond acceptors (Lipinski definition) is 9. The van der Waals surface area contributed by atoms with Gasteiger partial charge < -0.3 is 25.5 Å². The van der Waals surface area contributed by atoms with Crippen molar-refractivity contribution in [1.82, 2.24) is 24.5 Å². The second kappa shape index (κ2) is 9.72. The number of nitrogens with one attached hydrogen (secondary N) is 3. The smallest absolute Gasteiger partial charge is 0.275 e. The van der Waals surface area contributed by atoms with Crippen LogP contribution in [-0.4, -0.2) is 69.3 Å². The van der Waals surface area contributed by atoms with E-state index in [4.69, 9.17) is 22.9 Å². The molecule has 1 aliphatic heterocycles. The molecule has 1 saturated carbocycles. The standard InChI is InChI=1S/C22H21ClN10O2/c1-25-17-11-26-21-20(27-14-2-3-14)30-22(31-33(17)21)29-16-9-13(10-24)8-15(19(16)23)28-18(34)12-32-4-6-35-7-5-32/h8-9,11,14H,2-7,12H2,(H,28,34)(H2,27,29,30,31). The van der Waals surface area contributed by atoms with Crippen molar-refractivity contribution in [1.29, 1.82) is 5.26 Å². The van der Waals surface area contributed by atoms with Gasteiger partial charge in [-0.2, -0.15) is 10.2 Å². The molecule has 0 atom stereocenters. The molecule has 12 nitrogen and oxygen atoms in total. The first-order valence-electron chi connectivity index (χ1n) is 11.0. The van der Waals surface area contributed by atoms with Gasteiger partial charge in [0.05, 0.1) is 54.0 Å². The Morgan fingerprint density at radius 2 is 2.09 bits per heavy atom. The Morgan fingerprint density at radius 3 is 2.80 bits per heavy atom. The predicted octanol–water partition coefficient (Wildman–Crippen LogP) is 2.79. The molecule has 2 aliphatic rings. The van der Waals surface area contributed by atoms with Crippen LogP contribution in [0.25, 0.3) is 10.5 Å². The fraction of sp³-hybridized carbons (Fsp3) is 0.364. The van der Waals surface area contributed by atoms with E-state index in [9.17, 15) is 10.1 Å². The van der Waals surface area contributed by atoms with E-state index in [2.05, 4.69) is 41.9 Å². The highest BCUT2D eigenvalue weighted by molar-refractivity contribution is 6.36. The zero-order valence-corrected chi connectivity index (χ0v) is 19.3. The van der Waals surface area contributed by atoms with Crippen LogP contribution in [0.4, 0.5) is 29.0 Å². The van der Waals surface area contributed by atoms with Crippen LogP contribution in [0.1, 0.15) is 18.4 Å². The fourth-order valence-electron chi connectivity index (χ4n) is 3.66. The average Bonchev–Trinajstić information content (AvgIpc) is 3.58. The van der Waals surface area contributed by atoms with Gasteiger partial charge in [-0.1, -0.05) is 23.3 Å². The van der Waals surface area contributed by atoms with Crippen molar-refractivity contribution in [2.75, 3.05) is 48.8 Å². The van der Waals surface area contributed by atoms with Crippen molar-refractivity contribution >= 4 is 52.1 Å². The molecule has 2 aromatic heterocycles. The minimum Gasteiger partial charge on any atom is -0.379 e. The molecule has 1 saturated heterocycles. The van der Waals surface area contributed by atoms with Gasteiger partial charge >= 0.3 is 0 Å². The summed E-state index contributed by atoms with van der Waals surface area (Å²) in [4.78, 5) is 26.8. The number of nitrogens with zero attached hydrogens (tertiary/aromatic N) is 7. The quantitative estimate of drug-likeness (QED) is 0.425. The molecule has 5 rings (SSSR count). The molecule has 13 heteroatoms. The molecule has 35 heavy (non-hydrogen) atoms. The maximum atomic E-state index is 12.6. The van der Waals surface area contributed by atoms with Crippen molar-refractivity contribution in [3.63, 3.8) is 0 Å². The Balaban J connectivity index is 1.43. The number of amides is 1. The highest BCUT2D eigenvalue weighted by atomic mass is 35.5. The van der Waals surface area contributed by atoms with E-state index in [1.54, 1.807) is 6.07 Å². The molecule has 0 bridgehead atoms. The topological polar surface area (TPSA) is 137 Å². The number of carbonyl (C=O) groups excluding carboxylic acids is 1. The molecular formula is C22H21ClN10O2. The first-order valence-corrected chi connectivity index (χ1v) is 11.4. The SMILES string of the molecule is [C-]#[N+]c1cnc2c(NC3CC3)nc(Nc3cc(C#N)cc(NC(=O)CN4CCOCC4)c3Cl)nn12. The van der Waals surface area contributed by atoms with Crippen LogP contribution >= 0.6 is 11.6 Å². The molecule has 3 aromatic rings. The summed E-state index contributed by atoms with van der Waals surface area (Å²) < 4.78 is 6.72. The zero-order chi connectivity index (χ0) is 24.4. The third-order valence-corrected chi connectivity index (χ3v) is 5.98. The van der Waals surface area contributed by atoms with Crippen LogP contribution in [0.3, 0.4) is 0 Å². The number of benzene rings is 1. The molecule has 0 unspecified atom stereocenters. The van der Waals surface area contributed by atoms with Crippen LogP contribution in [0.15, 0.2) is 18.3 Å². The van der Waals surface area contributed by atoms with Crippen molar-refractivity contribution in [2.45, 2.75) is 18.9 Å². The number of hydrogen-bond donors (Lipinski definition) is 3. The van der Waals surface area contributed by atoms with Gasteiger partial charge in [0.2, 0.25) is 5.91 Å². The maximum Gasteiger partial charge on any atom is 0.275 e. The number of anilines is 4. The van der Waals surface area contributed by atoms with Crippen molar-refractivity contribution in [2.24, 2.45) is 0 Å². The lowest BCUT2D eigenvalue weighted by atomic mass is 10.2. The minimum absolute atomic E-state index is 0.158. The Kier molecular flexibility index (Phi) is 6.33. The Morgan fingerprint density at radius 1 is 1.31 bits per heavy atom. The molecule has 3 N–H and O–H groups in total. The van der Waals surface area contributed by atoms with Gasteiger partial charge in [0, 0.05) is 19.1 Å². The van der Waals surface area contributed by atoms with Gasteiger partial charge in [0.15, 0.2) is 5.82 Å². The Labute approximate surface area is 205 Å². The minimum atomic E-state index is -0.247. The summed E-state index contributed by atoms with van der Waals surface area (Å²) in [7, 11) is 0. The summed E-state index contributed by atoms with van der Waals surface area (Å²) in [6.07, 6.45) is 3.49. The maximum absolute atomic E-state index is 12.6. The normalized spacial score (nSPS) is 15.9. The number of carbonyl (C=O) groups is 1. The van der Waals surface area contributed by atoms with E-state index in [0.29, 0.717) is 60.7 Å². The molecule has 1 amide bonds. The third-order valence-electron chi connectivity index (χ3n) is 5.57. The van der Waals surface area contributed by atoms with Gasteiger partial charge in [-0.15, -0.1) is 4.52 Å². The number of aromatic nitrogens is 4. The summed E-state index contributed by atoms with van der Waals surface area (Å²) in [5.74, 6) is 0.637. The van der Waals surface area contributed by atoms with Crippen molar-refractivity contribution in [3.05, 3.63) is 40.3 Å². The number of halogens is 1. The number of fused-ring (bicyclic) bond motifs is 1. The molecule has 2 fully saturated rings. The number of nitriles is 1. The van der Waals surface area contributed by atoms with Crippen LogP contribution in [-0.2, 0) is 9.53 Å².